The summed E-state index contributed by atoms with van der Waals surface area (Å²) in [5.74, 6) is -0.000634. The monoisotopic (exact) mass is 620 g/mol. The number of pyridine rings is 2. The third-order valence-electron chi connectivity index (χ3n) is 9.48. The van der Waals surface area contributed by atoms with E-state index in [1.165, 1.54) is 0 Å². The summed E-state index contributed by atoms with van der Waals surface area (Å²) < 4.78 is 48.9. The molecule has 1 saturated carbocycles. The molecule has 3 aliphatic rings. The molecular formula is C32H35F3N8O2. The number of aliphatic hydroxyl groups excluding tert-OH is 1. The second-order valence-electron chi connectivity index (χ2n) is 12.7. The van der Waals surface area contributed by atoms with Crippen LogP contribution in [0.1, 0.15) is 49.8 Å². The van der Waals surface area contributed by atoms with Crippen molar-refractivity contribution in [3.63, 3.8) is 0 Å². The molecule has 0 amide bonds. The molecule has 0 unspecified atom stereocenters. The van der Waals surface area contributed by atoms with E-state index in [4.69, 9.17) is 4.74 Å². The van der Waals surface area contributed by atoms with Crippen LogP contribution in [0.4, 0.5) is 13.2 Å². The van der Waals surface area contributed by atoms with E-state index in [1.54, 1.807) is 18.5 Å². The highest BCUT2D eigenvalue weighted by molar-refractivity contribution is 5.92. The Morgan fingerprint density at radius 2 is 1.96 bits per heavy atom. The van der Waals surface area contributed by atoms with Gasteiger partial charge in [0, 0.05) is 79.9 Å². The van der Waals surface area contributed by atoms with E-state index in [0.717, 1.165) is 41.1 Å². The van der Waals surface area contributed by atoms with Gasteiger partial charge in [0.2, 0.25) is 5.88 Å². The van der Waals surface area contributed by atoms with Crippen LogP contribution in [0, 0.1) is 11.3 Å². The number of likely N-dealkylation sites (tertiary alicyclic amines) is 2. The maximum absolute atomic E-state index is 13.7. The van der Waals surface area contributed by atoms with Crippen molar-refractivity contribution >= 4 is 10.9 Å². The van der Waals surface area contributed by atoms with Crippen LogP contribution in [0.5, 0.6) is 5.88 Å². The van der Waals surface area contributed by atoms with E-state index in [1.807, 2.05) is 34.1 Å². The Labute approximate surface area is 258 Å². The summed E-state index contributed by atoms with van der Waals surface area (Å²) in [6.45, 7) is 2.78. The first kappa shape index (κ1) is 29.7. The van der Waals surface area contributed by atoms with Crippen molar-refractivity contribution in [2.75, 3.05) is 26.2 Å². The molecule has 45 heavy (non-hydrogen) atoms. The van der Waals surface area contributed by atoms with E-state index < -0.39 is 23.5 Å². The predicted octanol–water partition coefficient (Wildman–Crippen LogP) is 4.72. The number of aromatic nitrogens is 5. The average molecular weight is 621 g/mol. The lowest BCUT2D eigenvalue weighted by molar-refractivity contribution is -0.141. The Bertz CT molecular complexity index is 1700. The highest BCUT2D eigenvalue weighted by Gasteiger charge is 2.48. The Hall–Kier alpha value is -3.99. The highest BCUT2D eigenvalue weighted by atomic mass is 19.4. The molecule has 0 radical (unpaired) electrons. The summed E-state index contributed by atoms with van der Waals surface area (Å²) in [5.41, 5.74) is 1.85. The number of ether oxygens (including phenoxy) is 1. The molecule has 2 aliphatic heterocycles. The molecule has 3 fully saturated rings. The molecule has 6 heterocycles. The summed E-state index contributed by atoms with van der Waals surface area (Å²) >= 11 is 0. The predicted molar refractivity (Wildman–Crippen MR) is 159 cm³/mol. The van der Waals surface area contributed by atoms with E-state index in [0.29, 0.717) is 70.0 Å². The van der Waals surface area contributed by atoms with E-state index >= 15 is 0 Å². The van der Waals surface area contributed by atoms with Crippen LogP contribution in [-0.2, 0) is 18.3 Å². The molecule has 2 saturated heterocycles. The van der Waals surface area contributed by atoms with Crippen LogP contribution in [0.3, 0.4) is 0 Å². The first-order valence-electron chi connectivity index (χ1n) is 15.4. The maximum Gasteiger partial charge on any atom is 0.433 e. The molecule has 1 atom stereocenters. The summed E-state index contributed by atoms with van der Waals surface area (Å²) in [6.07, 6.45) is 6.24. The second kappa shape index (κ2) is 11.7. The van der Waals surface area contributed by atoms with Gasteiger partial charge in [-0.2, -0.15) is 23.5 Å². The van der Waals surface area contributed by atoms with Crippen LogP contribution in [0.15, 0.2) is 49.1 Å². The lowest BCUT2D eigenvalue weighted by Gasteiger charge is -2.53. The van der Waals surface area contributed by atoms with E-state index in [2.05, 4.69) is 31.0 Å². The smallest absolute Gasteiger partial charge is 0.433 e. The lowest BCUT2D eigenvalue weighted by Crippen LogP contribution is -2.65. The third kappa shape index (κ3) is 6.02. The van der Waals surface area contributed by atoms with Gasteiger partial charge >= 0.3 is 6.18 Å². The van der Waals surface area contributed by atoms with Gasteiger partial charge < -0.3 is 14.8 Å². The maximum atomic E-state index is 13.7. The molecule has 0 aromatic carbocycles. The van der Waals surface area contributed by atoms with Crippen molar-refractivity contribution in [2.45, 2.75) is 75.0 Å². The molecule has 236 valence electrons. The summed E-state index contributed by atoms with van der Waals surface area (Å²) in [4.78, 5) is 15.9. The summed E-state index contributed by atoms with van der Waals surface area (Å²) in [6, 6.07) is 9.25. The fraction of sp³-hybridized carbons (Fsp3) is 0.500. The quantitative estimate of drug-likeness (QED) is 0.291. The number of nitrogens with one attached hydrogen (secondary N) is 1. The standard InChI is InChI=1S/C32H35F3N8O2/c33-32(34,35)28-13-21(16-41-12-7-24(44)18-41)14-29(40-28)45-25-3-1-23(2-4-25)42-19-31(20-42,8-9-36)43-17-22(15-39-43)30-26-5-10-37-27(26)6-11-38-30/h5-6,10-11,13-15,17,23-25,37,44H,1-4,7-8,12,16,18-20H2/t23-,24-,25+/m1/s1. The second-order valence-corrected chi connectivity index (χ2v) is 12.7. The van der Waals surface area contributed by atoms with Crippen molar-refractivity contribution in [2.24, 2.45) is 0 Å². The highest BCUT2D eigenvalue weighted by Crippen LogP contribution is 2.39. The van der Waals surface area contributed by atoms with Gasteiger partial charge in [0.05, 0.1) is 30.5 Å². The minimum atomic E-state index is -4.58. The number of rotatable bonds is 8. The van der Waals surface area contributed by atoms with Gasteiger partial charge in [-0.05, 0) is 55.9 Å². The zero-order valence-electron chi connectivity index (χ0n) is 24.7. The zero-order chi connectivity index (χ0) is 31.2. The topological polar surface area (TPSA) is 119 Å². The fourth-order valence-corrected chi connectivity index (χ4v) is 7.14. The number of hydrogen-bond donors (Lipinski definition) is 2. The number of H-pyrrole nitrogens is 1. The Kier molecular flexibility index (Phi) is 7.75. The number of aromatic amines is 1. The van der Waals surface area contributed by atoms with Gasteiger partial charge in [-0.25, -0.2) is 4.98 Å². The molecular weight excluding hydrogens is 585 g/mol. The molecule has 0 bridgehead atoms. The van der Waals surface area contributed by atoms with Gasteiger partial charge in [-0.3, -0.25) is 19.5 Å². The van der Waals surface area contributed by atoms with Crippen LogP contribution < -0.4 is 4.74 Å². The molecule has 4 aromatic rings. The van der Waals surface area contributed by atoms with Crippen molar-refractivity contribution in [3.8, 4) is 23.2 Å². The number of nitrogens with zero attached hydrogens (tertiary/aromatic N) is 7. The van der Waals surface area contributed by atoms with Gasteiger partial charge in [0.25, 0.3) is 0 Å². The zero-order valence-corrected chi connectivity index (χ0v) is 24.7. The van der Waals surface area contributed by atoms with Crippen LogP contribution in [0.2, 0.25) is 0 Å². The van der Waals surface area contributed by atoms with E-state index in [9.17, 15) is 23.5 Å². The van der Waals surface area contributed by atoms with Gasteiger partial charge in [-0.1, -0.05) is 0 Å². The third-order valence-corrected chi connectivity index (χ3v) is 9.48. The van der Waals surface area contributed by atoms with Crippen molar-refractivity contribution < 1.29 is 23.0 Å². The van der Waals surface area contributed by atoms with Crippen molar-refractivity contribution in [1.82, 2.24) is 34.5 Å². The first-order chi connectivity index (χ1) is 21.7. The average Bonchev–Trinajstić information content (AvgIpc) is 3.76. The molecule has 10 nitrogen and oxygen atoms in total. The number of hydrogen-bond acceptors (Lipinski definition) is 8. The number of aliphatic hydroxyl groups is 1. The number of fused-ring (bicyclic) bond motifs is 1. The van der Waals surface area contributed by atoms with Crippen LogP contribution in [-0.4, -0.2) is 84.1 Å². The normalized spacial score (nSPS) is 24.0. The number of alkyl halides is 3. The van der Waals surface area contributed by atoms with Crippen molar-refractivity contribution in [3.05, 3.63) is 60.3 Å². The first-order valence-corrected chi connectivity index (χ1v) is 15.4. The van der Waals surface area contributed by atoms with E-state index in [-0.39, 0.29) is 12.0 Å². The largest absolute Gasteiger partial charge is 0.474 e. The minimum absolute atomic E-state index is 0.000634. The van der Waals surface area contributed by atoms with Gasteiger partial charge in [0.1, 0.15) is 17.3 Å². The van der Waals surface area contributed by atoms with Gasteiger partial charge in [0.15, 0.2) is 0 Å². The molecule has 2 N–H and O–H groups in total. The number of halogens is 3. The molecule has 1 aliphatic carbocycles. The molecule has 0 spiro atoms. The molecule has 7 rings (SSSR count). The Balaban J connectivity index is 0.982. The number of nitriles is 1. The summed E-state index contributed by atoms with van der Waals surface area (Å²) in [7, 11) is 0. The Morgan fingerprint density at radius 3 is 2.69 bits per heavy atom. The van der Waals surface area contributed by atoms with Crippen LogP contribution >= 0.6 is 0 Å². The molecule has 13 heteroatoms. The SMILES string of the molecule is N#CCC1(n2cc(-c3nccc4[nH]ccc34)cn2)CN([C@H]2CC[C@@H](Oc3cc(CN4CC[C@@H](O)C4)cc(C(F)(F)F)n3)CC2)C1. The minimum Gasteiger partial charge on any atom is -0.474 e. The molecule has 4 aromatic heterocycles. The Morgan fingerprint density at radius 1 is 1.13 bits per heavy atom. The lowest BCUT2D eigenvalue weighted by atomic mass is 9.82. The summed E-state index contributed by atoms with van der Waals surface area (Å²) in [5, 5.41) is 25.2. The van der Waals surface area contributed by atoms with Gasteiger partial charge in [-0.15, -0.1) is 0 Å². The fourth-order valence-electron chi connectivity index (χ4n) is 7.14. The van der Waals surface area contributed by atoms with Crippen molar-refractivity contribution in [1.29, 1.82) is 5.26 Å². The number of β-amino-alcohol motifs (C(OH)–C–C–N with tert-alkyl or cyclic N) is 1. The van der Waals surface area contributed by atoms with Crippen LogP contribution in [0.25, 0.3) is 22.2 Å².